The first kappa shape index (κ1) is 14.6. The summed E-state index contributed by atoms with van der Waals surface area (Å²) < 4.78 is 1.63. The first-order valence-corrected chi connectivity index (χ1v) is 6.32. The summed E-state index contributed by atoms with van der Waals surface area (Å²) in [6.07, 6.45) is 1.52. The van der Waals surface area contributed by atoms with E-state index in [1.807, 2.05) is 13.8 Å². The van der Waals surface area contributed by atoms with Crippen LogP contribution in [0.3, 0.4) is 0 Å². The number of nitrogens with two attached hydrogens (primary N) is 1. The van der Waals surface area contributed by atoms with E-state index in [1.165, 1.54) is 6.20 Å². The molecule has 0 spiro atoms. The van der Waals surface area contributed by atoms with Gasteiger partial charge in [0.1, 0.15) is 0 Å². The standard InChI is InChI=1S/C14H17N5O2/c1-8-4-5-10(13(15)18-21)6-12(8)17-14(20)11-7-16-19(3)9(11)2/h4-7,21H,1-3H3,(H2,15,18)(H,17,20). The van der Waals surface area contributed by atoms with E-state index in [-0.39, 0.29) is 11.7 Å². The lowest BCUT2D eigenvalue weighted by molar-refractivity contribution is 0.102. The molecule has 0 aliphatic carbocycles. The summed E-state index contributed by atoms with van der Waals surface area (Å²) in [5.41, 5.74) is 8.85. The molecule has 0 atom stereocenters. The highest BCUT2D eigenvalue weighted by Crippen LogP contribution is 2.18. The Morgan fingerprint density at radius 1 is 1.43 bits per heavy atom. The van der Waals surface area contributed by atoms with Gasteiger partial charge >= 0.3 is 0 Å². The molecule has 0 fully saturated rings. The molecule has 4 N–H and O–H groups in total. The van der Waals surface area contributed by atoms with Gasteiger partial charge in [0.15, 0.2) is 5.84 Å². The summed E-state index contributed by atoms with van der Waals surface area (Å²) in [6.45, 7) is 3.68. The first-order chi connectivity index (χ1) is 9.93. The lowest BCUT2D eigenvalue weighted by Crippen LogP contribution is -2.16. The largest absolute Gasteiger partial charge is 0.409 e. The third kappa shape index (κ3) is 2.86. The van der Waals surface area contributed by atoms with Gasteiger partial charge in [0, 0.05) is 24.0 Å². The number of hydrogen-bond acceptors (Lipinski definition) is 4. The van der Waals surface area contributed by atoms with Crippen molar-refractivity contribution in [3.05, 3.63) is 46.8 Å². The van der Waals surface area contributed by atoms with Crippen LogP contribution in [0.5, 0.6) is 0 Å². The van der Waals surface area contributed by atoms with Crippen molar-refractivity contribution in [3.8, 4) is 0 Å². The Hall–Kier alpha value is -2.83. The Morgan fingerprint density at radius 2 is 2.14 bits per heavy atom. The molecule has 7 heteroatoms. The predicted molar refractivity (Wildman–Crippen MR) is 79.6 cm³/mol. The number of hydrogen-bond donors (Lipinski definition) is 3. The molecule has 2 aromatic rings. The van der Waals surface area contributed by atoms with Crippen LogP contribution in [0.15, 0.2) is 29.6 Å². The quantitative estimate of drug-likeness (QED) is 0.343. The molecule has 0 radical (unpaired) electrons. The number of anilines is 1. The van der Waals surface area contributed by atoms with Crippen LogP contribution in [-0.4, -0.2) is 26.7 Å². The first-order valence-electron chi connectivity index (χ1n) is 6.32. The van der Waals surface area contributed by atoms with Gasteiger partial charge in [-0.1, -0.05) is 17.3 Å². The topological polar surface area (TPSA) is 106 Å². The van der Waals surface area contributed by atoms with Crippen LogP contribution in [0.1, 0.15) is 27.2 Å². The molecule has 1 amide bonds. The Bertz CT molecular complexity index is 718. The Labute approximate surface area is 122 Å². The number of carbonyl (C=O) groups is 1. The summed E-state index contributed by atoms with van der Waals surface area (Å²) in [6, 6.07) is 5.17. The number of amidine groups is 1. The average molecular weight is 287 g/mol. The molecular formula is C14H17N5O2. The van der Waals surface area contributed by atoms with Gasteiger partial charge in [-0.25, -0.2) is 0 Å². The summed E-state index contributed by atoms with van der Waals surface area (Å²) in [5, 5.41) is 18.5. The molecule has 0 aliphatic heterocycles. The van der Waals surface area contributed by atoms with Gasteiger partial charge in [-0.3, -0.25) is 9.48 Å². The summed E-state index contributed by atoms with van der Waals surface area (Å²) >= 11 is 0. The van der Waals surface area contributed by atoms with Gasteiger partial charge in [-0.2, -0.15) is 5.10 Å². The number of rotatable bonds is 3. The third-order valence-electron chi connectivity index (χ3n) is 3.37. The molecule has 1 aromatic carbocycles. The SMILES string of the molecule is Cc1ccc(C(N)=NO)cc1NC(=O)c1cnn(C)c1C. The summed E-state index contributed by atoms with van der Waals surface area (Å²) in [5.74, 6) is -0.261. The smallest absolute Gasteiger partial charge is 0.259 e. The normalized spacial score (nSPS) is 11.5. The van der Waals surface area contributed by atoms with Crippen molar-refractivity contribution in [1.82, 2.24) is 9.78 Å². The molecule has 0 bridgehead atoms. The van der Waals surface area contributed by atoms with Crippen molar-refractivity contribution in [2.24, 2.45) is 17.9 Å². The van der Waals surface area contributed by atoms with Crippen LogP contribution in [0.4, 0.5) is 5.69 Å². The minimum atomic E-state index is -0.250. The number of aromatic nitrogens is 2. The van der Waals surface area contributed by atoms with Crippen molar-refractivity contribution in [3.63, 3.8) is 0 Å². The molecular weight excluding hydrogens is 270 g/mol. The number of oxime groups is 1. The number of carbonyl (C=O) groups excluding carboxylic acids is 1. The van der Waals surface area contributed by atoms with Crippen LogP contribution in [0, 0.1) is 13.8 Å². The van der Waals surface area contributed by atoms with Gasteiger partial charge in [0.05, 0.1) is 11.8 Å². The molecule has 2 rings (SSSR count). The van der Waals surface area contributed by atoms with Crippen molar-refractivity contribution in [2.45, 2.75) is 13.8 Å². The number of nitrogens with zero attached hydrogens (tertiary/aromatic N) is 3. The molecule has 0 saturated carbocycles. The molecule has 0 unspecified atom stereocenters. The summed E-state index contributed by atoms with van der Waals surface area (Å²) in [4.78, 5) is 12.3. The van der Waals surface area contributed by atoms with E-state index in [4.69, 9.17) is 10.9 Å². The highest BCUT2D eigenvalue weighted by atomic mass is 16.4. The maximum atomic E-state index is 12.3. The number of amides is 1. The van der Waals surface area contributed by atoms with Gasteiger partial charge in [-0.05, 0) is 25.5 Å². The van der Waals surface area contributed by atoms with Crippen molar-refractivity contribution in [2.75, 3.05) is 5.32 Å². The van der Waals surface area contributed by atoms with Gasteiger partial charge < -0.3 is 16.3 Å². The van der Waals surface area contributed by atoms with E-state index in [1.54, 1.807) is 29.9 Å². The predicted octanol–water partition coefficient (Wildman–Crippen LogP) is 1.38. The Kier molecular flexibility index (Phi) is 3.93. The molecule has 7 nitrogen and oxygen atoms in total. The Balaban J connectivity index is 2.31. The van der Waals surface area contributed by atoms with Gasteiger partial charge in [-0.15, -0.1) is 0 Å². The minimum absolute atomic E-state index is 0.0111. The fourth-order valence-electron chi connectivity index (χ4n) is 1.88. The van der Waals surface area contributed by atoms with Crippen LogP contribution >= 0.6 is 0 Å². The number of aryl methyl sites for hydroxylation is 2. The fourth-order valence-corrected chi connectivity index (χ4v) is 1.88. The van der Waals surface area contributed by atoms with Crippen LogP contribution in [-0.2, 0) is 7.05 Å². The maximum Gasteiger partial charge on any atom is 0.259 e. The number of nitrogens with one attached hydrogen (secondary N) is 1. The van der Waals surface area contributed by atoms with E-state index in [0.29, 0.717) is 16.8 Å². The highest BCUT2D eigenvalue weighted by Gasteiger charge is 2.14. The highest BCUT2D eigenvalue weighted by molar-refractivity contribution is 6.06. The maximum absolute atomic E-state index is 12.3. The van der Waals surface area contributed by atoms with E-state index in [9.17, 15) is 4.79 Å². The van der Waals surface area contributed by atoms with E-state index in [0.717, 1.165) is 11.3 Å². The second kappa shape index (κ2) is 5.66. The van der Waals surface area contributed by atoms with Gasteiger partial charge in [0.25, 0.3) is 5.91 Å². The molecule has 21 heavy (non-hydrogen) atoms. The summed E-state index contributed by atoms with van der Waals surface area (Å²) in [7, 11) is 1.77. The second-order valence-corrected chi connectivity index (χ2v) is 4.74. The fraction of sp³-hybridized carbons (Fsp3) is 0.214. The van der Waals surface area contributed by atoms with Crippen molar-refractivity contribution in [1.29, 1.82) is 0 Å². The zero-order valence-electron chi connectivity index (χ0n) is 12.1. The van der Waals surface area contributed by atoms with Crippen LogP contribution in [0.25, 0.3) is 0 Å². The molecule has 110 valence electrons. The zero-order valence-corrected chi connectivity index (χ0v) is 12.1. The molecule has 0 aliphatic rings. The average Bonchev–Trinajstić information content (AvgIpc) is 2.80. The van der Waals surface area contributed by atoms with Crippen LogP contribution in [0.2, 0.25) is 0 Å². The zero-order chi connectivity index (χ0) is 15.6. The minimum Gasteiger partial charge on any atom is -0.409 e. The van der Waals surface area contributed by atoms with Crippen LogP contribution < -0.4 is 11.1 Å². The molecule has 1 aromatic heterocycles. The second-order valence-electron chi connectivity index (χ2n) is 4.74. The Morgan fingerprint density at radius 3 is 2.71 bits per heavy atom. The molecule has 0 saturated heterocycles. The van der Waals surface area contributed by atoms with E-state index in [2.05, 4.69) is 15.6 Å². The lowest BCUT2D eigenvalue weighted by atomic mass is 10.1. The van der Waals surface area contributed by atoms with Crippen molar-refractivity contribution >= 4 is 17.4 Å². The monoisotopic (exact) mass is 287 g/mol. The lowest BCUT2D eigenvalue weighted by Gasteiger charge is -2.10. The van der Waals surface area contributed by atoms with Gasteiger partial charge in [0.2, 0.25) is 0 Å². The van der Waals surface area contributed by atoms with E-state index >= 15 is 0 Å². The van der Waals surface area contributed by atoms with Crippen molar-refractivity contribution < 1.29 is 10.0 Å². The number of benzene rings is 1. The molecule has 1 heterocycles. The third-order valence-corrected chi connectivity index (χ3v) is 3.37. The van der Waals surface area contributed by atoms with E-state index < -0.39 is 0 Å².